The molecule has 1 aromatic rings. The molecule has 2 atom stereocenters. The molecule has 2 aliphatic rings. The third kappa shape index (κ3) is 1.46. The fourth-order valence-electron chi connectivity index (χ4n) is 3.11. The van der Waals surface area contributed by atoms with Gasteiger partial charge in [-0.05, 0) is 31.2 Å². The monoisotopic (exact) mass is 263 g/mol. The maximum atomic E-state index is 11.9. The Morgan fingerprint density at radius 1 is 1.37 bits per heavy atom. The zero-order valence-electron chi connectivity index (χ0n) is 10.6. The number of aromatic nitrogens is 1. The summed E-state index contributed by atoms with van der Waals surface area (Å²) in [6, 6.07) is 0.221. The van der Waals surface area contributed by atoms with E-state index in [0.29, 0.717) is 29.3 Å². The topological polar surface area (TPSA) is 85.6 Å². The van der Waals surface area contributed by atoms with Gasteiger partial charge in [0.15, 0.2) is 0 Å². The minimum absolute atomic E-state index is 0.167. The Bertz CT molecular complexity index is 627. The van der Waals surface area contributed by atoms with Gasteiger partial charge in [0.1, 0.15) is 5.69 Å². The van der Waals surface area contributed by atoms with Crippen LogP contribution in [0.1, 0.15) is 44.6 Å². The molecule has 100 valence electrons. The molecule has 0 radical (unpaired) electrons. The molecule has 1 fully saturated rings. The summed E-state index contributed by atoms with van der Waals surface area (Å²) in [6.45, 7) is 1.60. The van der Waals surface area contributed by atoms with E-state index in [1.807, 2.05) is 4.57 Å². The summed E-state index contributed by atoms with van der Waals surface area (Å²) >= 11 is 0. The molecule has 6 nitrogen and oxygen atoms in total. The van der Waals surface area contributed by atoms with Crippen LogP contribution in [0.5, 0.6) is 0 Å². The molecule has 0 spiro atoms. The molecule has 0 bridgehead atoms. The van der Waals surface area contributed by atoms with Crippen LogP contribution >= 0.6 is 0 Å². The highest BCUT2D eigenvalue weighted by Gasteiger charge is 2.50. The minimum Gasteiger partial charge on any atom is -0.475 e. The quantitative estimate of drug-likeness (QED) is 0.499. The molecule has 1 aromatic heterocycles. The number of esters is 1. The van der Waals surface area contributed by atoms with Gasteiger partial charge in [-0.3, -0.25) is 4.79 Å². The minimum atomic E-state index is -1.49. The van der Waals surface area contributed by atoms with E-state index in [9.17, 15) is 14.4 Å². The largest absolute Gasteiger partial charge is 0.475 e. The van der Waals surface area contributed by atoms with Crippen LogP contribution in [0.25, 0.3) is 0 Å². The molecular weight excluding hydrogens is 250 g/mol. The van der Waals surface area contributed by atoms with Crippen molar-refractivity contribution in [2.45, 2.75) is 25.8 Å². The fourth-order valence-corrected chi connectivity index (χ4v) is 3.11. The van der Waals surface area contributed by atoms with E-state index in [2.05, 4.69) is 0 Å². The number of ketones is 1. The summed E-state index contributed by atoms with van der Waals surface area (Å²) < 4.78 is 6.55. The van der Waals surface area contributed by atoms with Gasteiger partial charge in [0, 0.05) is 11.7 Å². The summed E-state index contributed by atoms with van der Waals surface area (Å²) in [5.74, 6) is -2.53. The molecule has 3 rings (SSSR count). The summed E-state index contributed by atoms with van der Waals surface area (Å²) in [7, 11) is 1.28. The first kappa shape index (κ1) is 12.0. The van der Waals surface area contributed by atoms with Crippen molar-refractivity contribution in [3.8, 4) is 0 Å². The van der Waals surface area contributed by atoms with E-state index in [-0.39, 0.29) is 11.6 Å². The summed E-state index contributed by atoms with van der Waals surface area (Å²) in [4.78, 5) is 34.6. The van der Waals surface area contributed by atoms with Crippen molar-refractivity contribution in [1.29, 1.82) is 0 Å². The zero-order chi connectivity index (χ0) is 13.9. The molecule has 1 aliphatic heterocycles. The van der Waals surface area contributed by atoms with Crippen LogP contribution in [0.15, 0.2) is 0 Å². The third-order valence-corrected chi connectivity index (χ3v) is 4.02. The Morgan fingerprint density at radius 2 is 2.05 bits per heavy atom. The number of fused-ring (bicyclic) bond motifs is 3. The molecule has 1 aliphatic carbocycles. The molecule has 1 N–H and O–H groups in total. The average Bonchev–Trinajstić information content (AvgIpc) is 2.95. The van der Waals surface area contributed by atoms with Crippen molar-refractivity contribution < 1.29 is 24.2 Å². The Morgan fingerprint density at radius 3 is 2.63 bits per heavy atom. The number of ether oxygens (including phenoxy) is 1. The zero-order valence-corrected chi connectivity index (χ0v) is 10.6. The molecule has 0 aromatic carbocycles. The molecule has 0 saturated heterocycles. The van der Waals surface area contributed by atoms with E-state index >= 15 is 0 Å². The van der Waals surface area contributed by atoms with E-state index in [4.69, 9.17) is 9.84 Å². The second-order valence-corrected chi connectivity index (χ2v) is 5.06. The van der Waals surface area contributed by atoms with Gasteiger partial charge in [0.05, 0.1) is 12.7 Å². The predicted molar refractivity (Wildman–Crippen MR) is 63.3 cm³/mol. The number of Topliss-reactive ketones (excluding diaryl/α,β-unsaturated/α-hetero) is 1. The second kappa shape index (κ2) is 3.69. The van der Waals surface area contributed by atoms with Gasteiger partial charge in [0.2, 0.25) is 0 Å². The summed E-state index contributed by atoms with van der Waals surface area (Å²) in [5.41, 5.74) is 1.58. The highest BCUT2D eigenvalue weighted by molar-refractivity contribution is 6.40. The van der Waals surface area contributed by atoms with E-state index in [1.165, 1.54) is 7.11 Å². The highest BCUT2D eigenvalue weighted by atomic mass is 16.5. The molecule has 1 saturated carbocycles. The van der Waals surface area contributed by atoms with Crippen LogP contribution in [-0.2, 0) is 16.0 Å². The Kier molecular flexibility index (Phi) is 2.32. The van der Waals surface area contributed by atoms with Crippen molar-refractivity contribution in [2.24, 2.45) is 5.92 Å². The van der Waals surface area contributed by atoms with Crippen molar-refractivity contribution in [3.63, 3.8) is 0 Å². The lowest BCUT2D eigenvalue weighted by atomic mass is 10.0. The molecule has 19 heavy (non-hydrogen) atoms. The number of hydrogen-bond acceptors (Lipinski definition) is 4. The number of carbonyl (C=O) groups excluding carboxylic acids is 2. The van der Waals surface area contributed by atoms with Gasteiger partial charge >= 0.3 is 11.9 Å². The number of carboxylic acids is 1. The van der Waals surface area contributed by atoms with Crippen molar-refractivity contribution in [1.82, 2.24) is 4.57 Å². The first-order chi connectivity index (χ1) is 8.97. The van der Waals surface area contributed by atoms with Crippen molar-refractivity contribution >= 4 is 17.7 Å². The van der Waals surface area contributed by atoms with Gasteiger partial charge in [0.25, 0.3) is 5.78 Å². The van der Waals surface area contributed by atoms with Crippen LogP contribution in [0, 0.1) is 12.8 Å². The van der Waals surface area contributed by atoms with E-state index in [1.54, 1.807) is 6.92 Å². The van der Waals surface area contributed by atoms with Crippen LogP contribution in [-0.4, -0.2) is 34.5 Å². The van der Waals surface area contributed by atoms with Crippen LogP contribution in [0.2, 0.25) is 0 Å². The first-order valence-electron chi connectivity index (χ1n) is 6.07. The molecule has 6 heteroatoms. The highest BCUT2D eigenvalue weighted by Crippen LogP contribution is 2.54. The Hall–Kier alpha value is -2.11. The Balaban J connectivity index is 2.22. The van der Waals surface area contributed by atoms with Crippen LogP contribution in [0.4, 0.5) is 0 Å². The van der Waals surface area contributed by atoms with Gasteiger partial charge < -0.3 is 14.4 Å². The fraction of sp³-hybridized carbons (Fsp3) is 0.462. The normalized spacial score (nSPS) is 22.6. The molecule has 0 unspecified atom stereocenters. The van der Waals surface area contributed by atoms with Gasteiger partial charge in [-0.25, -0.2) is 9.59 Å². The number of carbonyl (C=O) groups is 3. The first-order valence-corrected chi connectivity index (χ1v) is 6.07. The predicted octanol–water partition coefficient (Wildman–Crippen LogP) is 0.968. The van der Waals surface area contributed by atoms with Crippen LogP contribution < -0.4 is 0 Å². The lowest BCUT2D eigenvalue weighted by molar-refractivity contribution is -0.131. The third-order valence-electron chi connectivity index (χ3n) is 4.02. The number of hydrogen-bond donors (Lipinski definition) is 1. The molecule has 2 heterocycles. The van der Waals surface area contributed by atoms with Gasteiger partial charge in [-0.1, -0.05) is 0 Å². The van der Waals surface area contributed by atoms with Crippen LogP contribution in [0.3, 0.4) is 0 Å². The maximum absolute atomic E-state index is 11.9. The second-order valence-electron chi connectivity index (χ2n) is 5.06. The number of methoxy groups -OCH3 is 1. The number of nitrogens with zero attached hydrogens (tertiary/aromatic N) is 1. The average molecular weight is 263 g/mol. The number of carboxylic acid groups (broad SMARTS) is 1. The lowest BCUT2D eigenvalue weighted by Crippen LogP contribution is -2.15. The van der Waals surface area contributed by atoms with E-state index in [0.717, 1.165) is 6.42 Å². The summed E-state index contributed by atoms with van der Waals surface area (Å²) in [6.07, 6.45) is 1.64. The van der Waals surface area contributed by atoms with Gasteiger partial charge in [-0.2, -0.15) is 0 Å². The summed E-state index contributed by atoms with van der Waals surface area (Å²) in [5, 5.41) is 8.90. The Labute approximate surface area is 109 Å². The van der Waals surface area contributed by atoms with Crippen molar-refractivity contribution in [2.75, 3.05) is 7.11 Å². The SMILES string of the molecule is COC(=O)c1c(C)c(C(=O)C(=O)O)c2n1[C@@H]1C[C@@H]1C2. The maximum Gasteiger partial charge on any atom is 0.377 e. The number of aliphatic carboxylic acids is 1. The lowest BCUT2D eigenvalue weighted by Gasteiger charge is -2.06. The number of rotatable bonds is 3. The van der Waals surface area contributed by atoms with E-state index < -0.39 is 17.7 Å². The molecular formula is C13H13NO5. The standard InChI is InChI=1S/C13H13NO5/c1-5-9(11(15)12(16)17)8-4-6-3-7(6)14(8)10(5)13(18)19-2/h6-7H,3-4H2,1-2H3,(H,16,17)/t6-,7-/m1/s1. The smallest absolute Gasteiger partial charge is 0.377 e. The molecule has 0 amide bonds. The van der Waals surface area contributed by atoms with Gasteiger partial charge in [-0.15, -0.1) is 0 Å². The van der Waals surface area contributed by atoms with Crippen molar-refractivity contribution in [3.05, 3.63) is 22.5 Å².